The van der Waals surface area contributed by atoms with Crippen molar-refractivity contribution < 1.29 is 90.4 Å². The number of imidazole rings is 1. The quantitative estimate of drug-likeness (QED) is 0.0622. The molecule has 28 heteroatoms. The molecule has 2 aliphatic rings. The smallest absolute Gasteiger partial charge is 0.341 e. The Hall–Kier alpha value is -2.38. The number of hydrogen-bond acceptors (Lipinski definition) is 21. The summed E-state index contributed by atoms with van der Waals surface area (Å²) < 4.78 is 66.5. The van der Waals surface area contributed by atoms with Crippen LogP contribution in [0.5, 0.6) is 0 Å². The predicted octanol–water partition coefficient (Wildman–Crippen LogP) is -4.07. The van der Waals surface area contributed by atoms with Gasteiger partial charge in [-0.25, -0.2) is 24.1 Å². The SMILES string of the molecule is Nc1ncnc2c1nc(Br)n2C1O[C@H](COP(=O)([O-])OP(=O)([O-])OC[C@H]2OC([n+]3cccc(C(=O)O)c3)C(OP(=O)([O-])[O-])[C@H]2O)[C@H](O)C1O. The summed E-state index contributed by atoms with van der Waals surface area (Å²) in [5, 5.41) is 40.9. The number of nitrogens with two attached hydrogens (primary N) is 1. The lowest BCUT2D eigenvalue weighted by molar-refractivity contribution is -0.765. The van der Waals surface area contributed by atoms with Crippen molar-refractivity contribution in [2.75, 3.05) is 18.9 Å². The summed E-state index contributed by atoms with van der Waals surface area (Å²) in [6.07, 6.45) is -11.0. The number of aromatic nitrogens is 5. The third kappa shape index (κ3) is 8.57. The number of aliphatic hydroxyl groups is 3. The Morgan fingerprint density at radius 3 is 2.27 bits per heavy atom. The van der Waals surface area contributed by atoms with Gasteiger partial charge in [-0.1, -0.05) is 0 Å². The summed E-state index contributed by atoms with van der Waals surface area (Å²) >= 11 is 3.14. The summed E-state index contributed by atoms with van der Waals surface area (Å²) in [5.74, 6) is -1.43. The molecular formula is C21H23BrN6O18P3-3. The maximum absolute atomic E-state index is 12.4. The van der Waals surface area contributed by atoms with Gasteiger partial charge < -0.3 is 73.3 Å². The number of pyridine rings is 1. The van der Waals surface area contributed by atoms with Crippen LogP contribution in [0.3, 0.4) is 0 Å². The second-order valence-electron chi connectivity index (χ2n) is 10.2. The Labute approximate surface area is 281 Å². The molecule has 24 nitrogen and oxygen atoms in total. The molecule has 0 saturated carbocycles. The summed E-state index contributed by atoms with van der Waals surface area (Å²) in [5.41, 5.74) is 5.62. The van der Waals surface area contributed by atoms with Gasteiger partial charge in [0.1, 0.15) is 42.4 Å². The number of anilines is 1. The van der Waals surface area contributed by atoms with Crippen molar-refractivity contribution in [1.29, 1.82) is 0 Å². The summed E-state index contributed by atoms with van der Waals surface area (Å²) in [6.45, 7) is -2.32. The first-order valence-corrected chi connectivity index (χ1v) is 18.5. The number of carboxylic acids is 1. The molecule has 6 N–H and O–H groups in total. The molecule has 0 aliphatic carbocycles. The normalized spacial score (nSPS) is 30.0. The molecule has 0 amide bonds. The van der Waals surface area contributed by atoms with Crippen LogP contribution < -0.4 is 29.9 Å². The second-order valence-corrected chi connectivity index (χ2v) is 15.0. The Morgan fingerprint density at radius 2 is 1.65 bits per heavy atom. The van der Waals surface area contributed by atoms with E-state index in [1.807, 2.05) is 0 Å². The van der Waals surface area contributed by atoms with Gasteiger partial charge in [0.05, 0.1) is 21.0 Å². The number of rotatable bonds is 13. The maximum atomic E-state index is 12.4. The van der Waals surface area contributed by atoms with Crippen LogP contribution in [0.2, 0.25) is 0 Å². The minimum atomic E-state index is -5.89. The van der Waals surface area contributed by atoms with E-state index in [1.54, 1.807) is 0 Å². The van der Waals surface area contributed by atoms with Crippen molar-refractivity contribution in [3.8, 4) is 0 Å². The summed E-state index contributed by atoms with van der Waals surface area (Å²) in [4.78, 5) is 70.6. The van der Waals surface area contributed by atoms with Gasteiger partial charge in [0.15, 0.2) is 46.4 Å². The number of ether oxygens (including phenoxy) is 2. The monoisotopic (exact) mass is 819 g/mol. The van der Waals surface area contributed by atoms with Crippen LogP contribution in [0, 0.1) is 0 Å². The van der Waals surface area contributed by atoms with Crippen LogP contribution in [-0.4, -0.2) is 95.8 Å². The first kappa shape index (κ1) is 37.9. The van der Waals surface area contributed by atoms with Crippen molar-refractivity contribution in [1.82, 2.24) is 19.5 Å². The van der Waals surface area contributed by atoms with Crippen molar-refractivity contribution in [3.05, 3.63) is 41.2 Å². The molecule has 6 unspecified atom stereocenters. The number of carboxylic acid groups (broad SMARTS) is 1. The second kappa shape index (κ2) is 14.3. The average Bonchev–Trinajstić information content (AvgIpc) is 3.60. The van der Waals surface area contributed by atoms with Gasteiger partial charge >= 0.3 is 5.97 Å². The first-order chi connectivity index (χ1) is 22.8. The Kier molecular flexibility index (Phi) is 11.1. The van der Waals surface area contributed by atoms with Crippen LogP contribution in [0.4, 0.5) is 5.82 Å². The molecule has 5 heterocycles. The van der Waals surface area contributed by atoms with Crippen molar-refractivity contribution in [3.63, 3.8) is 0 Å². The fraction of sp³-hybridized carbons (Fsp3) is 0.476. The highest BCUT2D eigenvalue weighted by molar-refractivity contribution is 9.10. The maximum Gasteiger partial charge on any atom is 0.341 e. The zero-order valence-electron chi connectivity index (χ0n) is 24.0. The third-order valence-corrected chi connectivity index (χ3v) is 10.6. The number of aromatic carboxylic acids is 1. The fourth-order valence-corrected chi connectivity index (χ4v) is 7.93. The van der Waals surface area contributed by atoms with Crippen LogP contribution in [0.1, 0.15) is 22.8 Å². The van der Waals surface area contributed by atoms with Gasteiger partial charge in [0.2, 0.25) is 0 Å². The lowest BCUT2D eigenvalue weighted by Gasteiger charge is -2.33. The third-order valence-electron chi connectivity index (χ3n) is 6.97. The fourth-order valence-electron chi connectivity index (χ4n) is 4.84. The van der Waals surface area contributed by atoms with Crippen molar-refractivity contribution in [2.24, 2.45) is 0 Å². The topological polar surface area (TPSA) is 370 Å². The van der Waals surface area contributed by atoms with E-state index in [0.717, 1.165) is 29.4 Å². The highest BCUT2D eigenvalue weighted by Gasteiger charge is 2.51. The van der Waals surface area contributed by atoms with Crippen molar-refractivity contribution in [2.45, 2.75) is 49.1 Å². The van der Waals surface area contributed by atoms with Crippen molar-refractivity contribution >= 4 is 62.3 Å². The summed E-state index contributed by atoms with van der Waals surface area (Å²) in [6, 6.07) is 2.34. The number of fused-ring (bicyclic) bond motifs is 1. The molecule has 2 aliphatic heterocycles. The molecular weight excluding hydrogens is 797 g/mol. The molecule has 2 saturated heterocycles. The van der Waals surface area contributed by atoms with Gasteiger partial charge in [-0.15, -0.1) is 0 Å². The van der Waals surface area contributed by atoms with Gasteiger partial charge in [-0.2, -0.15) is 4.57 Å². The molecule has 2 fully saturated rings. The number of hydrogen-bond donors (Lipinski definition) is 5. The summed E-state index contributed by atoms with van der Waals surface area (Å²) in [7, 11) is -17.5. The van der Waals surface area contributed by atoms with Gasteiger partial charge in [0.25, 0.3) is 21.9 Å². The molecule has 10 atom stereocenters. The van der Waals surface area contributed by atoms with E-state index in [4.69, 9.17) is 15.2 Å². The molecule has 0 radical (unpaired) electrons. The Morgan fingerprint density at radius 1 is 1.02 bits per heavy atom. The van der Waals surface area contributed by atoms with E-state index in [9.17, 15) is 58.5 Å². The lowest BCUT2D eigenvalue weighted by Crippen LogP contribution is -2.48. The van der Waals surface area contributed by atoms with E-state index >= 15 is 0 Å². The van der Waals surface area contributed by atoms with Gasteiger partial charge in [-0.05, 0) is 22.0 Å². The highest BCUT2D eigenvalue weighted by Crippen LogP contribution is 2.56. The molecule has 5 rings (SSSR count). The van der Waals surface area contributed by atoms with E-state index in [-0.39, 0.29) is 27.3 Å². The average molecular weight is 820 g/mol. The van der Waals surface area contributed by atoms with Crippen LogP contribution in [-0.2, 0) is 41.1 Å². The van der Waals surface area contributed by atoms with Crippen LogP contribution >= 0.6 is 39.4 Å². The predicted molar refractivity (Wildman–Crippen MR) is 148 cm³/mol. The Balaban J connectivity index is 1.21. The number of nitrogen functional groups attached to an aromatic ring is 1. The number of phosphoric ester groups is 3. The molecule has 270 valence electrons. The minimum absolute atomic E-state index is 0.0202. The number of aliphatic hydroxyl groups excluding tert-OH is 3. The van der Waals surface area contributed by atoms with E-state index in [0.29, 0.717) is 0 Å². The van der Waals surface area contributed by atoms with E-state index < -0.39 is 91.7 Å². The van der Waals surface area contributed by atoms with Gasteiger partial charge in [-0.3, -0.25) is 13.7 Å². The molecule has 3 aromatic heterocycles. The molecule has 0 aromatic carbocycles. The number of carbonyl (C=O) groups is 1. The molecule has 3 aromatic rings. The molecule has 0 bridgehead atoms. The minimum Gasteiger partial charge on any atom is -0.790 e. The standard InChI is InChI=1S/C21H26BrN6O18P3/c22-21-26-11-16(23)24-7-25-17(11)28(21)18-14(31)12(29)9(43-18)5-41-48(37,38)46-49(39,40)42-6-10-13(30)15(45-47(34,35)36)19(44-10)27-3-1-2-8(4-27)20(32)33/h1-4,7,9-10,12-15,18-19,29-31H,5-6H2,(H6-,23,24,25,32,33,34,35,36,37,38,39,40)/p-3/t9-,10-,12+,13+,14?,15?,18?,19?/m1/s1. The van der Waals surface area contributed by atoms with Gasteiger partial charge in [0, 0.05) is 6.07 Å². The molecule has 0 spiro atoms. The zero-order valence-corrected chi connectivity index (χ0v) is 28.2. The molecule has 49 heavy (non-hydrogen) atoms. The zero-order chi connectivity index (χ0) is 36.1. The van der Waals surface area contributed by atoms with E-state index in [2.05, 4.69) is 48.8 Å². The Bertz CT molecular complexity index is 1860. The highest BCUT2D eigenvalue weighted by atomic mass is 79.9. The first-order valence-electron chi connectivity index (χ1n) is 13.3. The largest absolute Gasteiger partial charge is 0.790 e. The number of phosphoric acid groups is 3. The van der Waals surface area contributed by atoms with Crippen LogP contribution in [0.25, 0.3) is 11.2 Å². The lowest BCUT2D eigenvalue weighted by atomic mass is 10.1. The number of halogens is 1. The number of nitrogens with zero attached hydrogens (tertiary/aromatic N) is 5. The van der Waals surface area contributed by atoms with E-state index in [1.165, 1.54) is 10.6 Å². The van der Waals surface area contributed by atoms with Crippen LogP contribution in [0.15, 0.2) is 35.6 Å².